The van der Waals surface area contributed by atoms with Crippen molar-refractivity contribution in [1.29, 1.82) is 0 Å². The second-order valence-corrected chi connectivity index (χ2v) is 10.3. The van der Waals surface area contributed by atoms with E-state index in [0.717, 1.165) is 24.2 Å². The second-order valence-electron chi connectivity index (χ2n) is 8.12. The minimum Gasteiger partial charge on any atom is -0.323 e. The highest BCUT2D eigenvalue weighted by molar-refractivity contribution is 7.91. The molecule has 4 rings (SSSR count). The summed E-state index contributed by atoms with van der Waals surface area (Å²) in [6, 6.07) is 7.76. The van der Waals surface area contributed by atoms with Gasteiger partial charge in [-0.1, -0.05) is 37.5 Å². The van der Waals surface area contributed by atoms with Crippen LogP contribution in [0, 0.1) is 0 Å². The minimum atomic E-state index is -3.21. The summed E-state index contributed by atoms with van der Waals surface area (Å²) in [6.45, 7) is -0.391. The highest BCUT2D eigenvalue weighted by Crippen LogP contribution is 2.34. The standard InChI is InChI=1S/C20H25N3O5S/c24-17(13-22-18(25)20(21-19(22)26)10-5-2-6-11-20)23(15-7-3-1-4-8-15)16-9-12-29(27,28)14-16/h1,3-4,7-8,16H,2,5-6,9-14H2,(H,21,26). The smallest absolute Gasteiger partial charge is 0.323 e. The Morgan fingerprint density at radius 3 is 2.45 bits per heavy atom. The molecule has 2 heterocycles. The van der Waals surface area contributed by atoms with Crippen LogP contribution in [0.15, 0.2) is 30.3 Å². The van der Waals surface area contributed by atoms with Crippen LogP contribution in [0.1, 0.15) is 38.5 Å². The van der Waals surface area contributed by atoms with Gasteiger partial charge >= 0.3 is 6.03 Å². The number of hydrogen-bond acceptors (Lipinski definition) is 5. The van der Waals surface area contributed by atoms with Gasteiger partial charge in [-0.05, 0) is 31.4 Å². The first-order valence-corrected chi connectivity index (χ1v) is 11.9. The molecule has 1 aromatic carbocycles. The van der Waals surface area contributed by atoms with E-state index in [9.17, 15) is 22.8 Å². The number of sulfone groups is 1. The van der Waals surface area contributed by atoms with Crippen molar-refractivity contribution in [2.24, 2.45) is 0 Å². The topological polar surface area (TPSA) is 104 Å². The number of carbonyl (C=O) groups is 3. The number of hydrogen-bond donors (Lipinski definition) is 1. The van der Waals surface area contributed by atoms with Gasteiger partial charge in [-0.15, -0.1) is 0 Å². The Kier molecular flexibility index (Phi) is 5.10. The molecule has 0 aromatic heterocycles. The van der Waals surface area contributed by atoms with Crippen LogP contribution in [-0.4, -0.2) is 60.8 Å². The number of urea groups is 1. The van der Waals surface area contributed by atoms with Gasteiger partial charge in [0.15, 0.2) is 9.84 Å². The first-order chi connectivity index (χ1) is 13.8. The summed E-state index contributed by atoms with van der Waals surface area (Å²) in [5, 5.41) is 2.81. The van der Waals surface area contributed by atoms with Crippen molar-refractivity contribution in [3.05, 3.63) is 30.3 Å². The number of anilines is 1. The van der Waals surface area contributed by atoms with Crippen LogP contribution in [0.25, 0.3) is 0 Å². The molecule has 1 saturated carbocycles. The van der Waals surface area contributed by atoms with Crippen molar-refractivity contribution < 1.29 is 22.8 Å². The molecule has 0 bridgehead atoms. The van der Waals surface area contributed by atoms with Crippen molar-refractivity contribution in [3.8, 4) is 0 Å². The third-order valence-electron chi connectivity index (χ3n) is 6.12. The third kappa shape index (κ3) is 3.75. The Bertz CT molecular complexity index is 925. The Balaban J connectivity index is 1.57. The van der Waals surface area contributed by atoms with E-state index in [0.29, 0.717) is 24.9 Å². The van der Waals surface area contributed by atoms with Crippen LogP contribution in [0.3, 0.4) is 0 Å². The van der Waals surface area contributed by atoms with Gasteiger partial charge in [0.1, 0.15) is 12.1 Å². The zero-order chi connectivity index (χ0) is 20.6. The summed E-state index contributed by atoms with van der Waals surface area (Å²) in [5.41, 5.74) is -0.316. The van der Waals surface area contributed by atoms with Crippen molar-refractivity contribution in [2.75, 3.05) is 23.0 Å². The van der Waals surface area contributed by atoms with Crippen LogP contribution in [0.5, 0.6) is 0 Å². The fourth-order valence-electron chi connectivity index (χ4n) is 4.65. The van der Waals surface area contributed by atoms with Gasteiger partial charge in [0.2, 0.25) is 5.91 Å². The molecule has 1 unspecified atom stereocenters. The molecule has 2 aliphatic heterocycles. The number of rotatable bonds is 4. The molecule has 8 nitrogen and oxygen atoms in total. The van der Waals surface area contributed by atoms with Crippen molar-refractivity contribution in [3.63, 3.8) is 0 Å². The maximum atomic E-state index is 13.2. The predicted octanol–water partition coefficient (Wildman–Crippen LogP) is 1.46. The van der Waals surface area contributed by atoms with Gasteiger partial charge in [0.25, 0.3) is 5.91 Å². The first kappa shape index (κ1) is 19.9. The van der Waals surface area contributed by atoms with Gasteiger partial charge in [0, 0.05) is 5.69 Å². The van der Waals surface area contributed by atoms with Gasteiger partial charge in [-0.25, -0.2) is 13.2 Å². The van der Waals surface area contributed by atoms with Crippen molar-refractivity contribution in [1.82, 2.24) is 10.2 Å². The molecule has 0 radical (unpaired) electrons. The molecule has 3 fully saturated rings. The second kappa shape index (κ2) is 7.44. The van der Waals surface area contributed by atoms with E-state index in [1.54, 1.807) is 24.3 Å². The van der Waals surface area contributed by atoms with Crippen LogP contribution in [0.4, 0.5) is 10.5 Å². The maximum absolute atomic E-state index is 13.2. The van der Waals surface area contributed by atoms with Gasteiger partial charge < -0.3 is 10.2 Å². The zero-order valence-electron chi connectivity index (χ0n) is 16.2. The quantitative estimate of drug-likeness (QED) is 0.744. The van der Waals surface area contributed by atoms with Crippen LogP contribution in [-0.2, 0) is 19.4 Å². The normalized spacial score (nSPS) is 25.2. The average molecular weight is 420 g/mol. The van der Waals surface area contributed by atoms with E-state index >= 15 is 0 Å². The Morgan fingerprint density at radius 2 is 1.83 bits per heavy atom. The molecule has 1 aliphatic carbocycles. The summed E-state index contributed by atoms with van der Waals surface area (Å²) >= 11 is 0. The van der Waals surface area contributed by atoms with E-state index in [-0.39, 0.29) is 17.4 Å². The van der Waals surface area contributed by atoms with Crippen LogP contribution in [0.2, 0.25) is 0 Å². The molecular formula is C20H25N3O5S. The Hall–Kier alpha value is -2.42. The van der Waals surface area contributed by atoms with E-state index in [1.165, 1.54) is 4.90 Å². The number of nitrogens with zero attached hydrogens (tertiary/aromatic N) is 2. The Labute approximate surface area is 170 Å². The number of imide groups is 1. The third-order valence-corrected chi connectivity index (χ3v) is 7.87. The van der Waals surface area contributed by atoms with Crippen LogP contribution < -0.4 is 10.2 Å². The highest BCUT2D eigenvalue weighted by Gasteiger charge is 2.52. The maximum Gasteiger partial charge on any atom is 0.325 e. The summed E-state index contributed by atoms with van der Waals surface area (Å²) in [5.74, 6) is -0.879. The molecule has 4 amide bonds. The monoisotopic (exact) mass is 419 g/mol. The average Bonchev–Trinajstić information content (AvgIpc) is 3.15. The molecule has 1 spiro atoms. The molecule has 3 aliphatic rings. The van der Waals surface area contributed by atoms with Gasteiger partial charge in [0.05, 0.1) is 17.5 Å². The fraction of sp³-hybridized carbons (Fsp3) is 0.550. The minimum absolute atomic E-state index is 0.0283. The number of para-hydroxylation sites is 1. The molecule has 9 heteroatoms. The van der Waals surface area contributed by atoms with Gasteiger partial charge in [-0.3, -0.25) is 14.5 Å². The number of carbonyl (C=O) groups excluding carboxylic acids is 3. The number of benzene rings is 1. The van der Waals surface area contributed by atoms with E-state index in [2.05, 4.69) is 5.32 Å². The molecule has 1 N–H and O–H groups in total. The van der Waals surface area contributed by atoms with Crippen LogP contribution >= 0.6 is 0 Å². The molecule has 156 valence electrons. The SMILES string of the molecule is O=C1NC2(CCCCC2)C(=O)N1CC(=O)N(c1ccccc1)C1CCS(=O)(=O)C1. The number of amides is 4. The Morgan fingerprint density at radius 1 is 1.14 bits per heavy atom. The largest absolute Gasteiger partial charge is 0.325 e. The van der Waals surface area contributed by atoms with E-state index < -0.39 is 39.9 Å². The molecular weight excluding hydrogens is 394 g/mol. The zero-order valence-corrected chi connectivity index (χ0v) is 17.0. The fourth-order valence-corrected chi connectivity index (χ4v) is 6.35. The lowest BCUT2D eigenvalue weighted by atomic mass is 9.82. The molecule has 1 atom stereocenters. The first-order valence-electron chi connectivity index (χ1n) is 10.0. The summed E-state index contributed by atoms with van der Waals surface area (Å²) < 4.78 is 24.0. The lowest BCUT2D eigenvalue weighted by Gasteiger charge is -2.31. The molecule has 1 aromatic rings. The molecule has 2 saturated heterocycles. The highest BCUT2D eigenvalue weighted by atomic mass is 32.2. The number of nitrogens with one attached hydrogen (secondary N) is 1. The summed E-state index contributed by atoms with van der Waals surface area (Å²) in [6.07, 6.45) is 4.28. The lowest BCUT2D eigenvalue weighted by Crippen LogP contribution is -2.50. The van der Waals surface area contributed by atoms with Gasteiger partial charge in [-0.2, -0.15) is 0 Å². The van der Waals surface area contributed by atoms with E-state index in [1.807, 2.05) is 6.07 Å². The lowest BCUT2D eigenvalue weighted by molar-refractivity contribution is -0.135. The summed E-state index contributed by atoms with van der Waals surface area (Å²) in [7, 11) is -3.21. The van der Waals surface area contributed by atoms with Crippen molar-refractivity contribution >= 4 is 33.4 Å². The predicted molar refractivity (Wildman–Crippen MR) is 107 cm³/mol. The van der Waals surface area contributed by atoms with E-state index in [4.69, 9.17) is 0 Å². The summed E-state index contributed by atoms with van der Waals surface area (Å²) in [4.78, 5) is 41.1. The van der Waals surface area contributed by atoms with Crippen molar-refractivity contribution in [2.45, 2.75) is 50.1 Å². The molecule has 29 heavy (non-hydrogen) atoms.